The van der Waals surface area contributed by atoms with Gasteiger partial charge in [0.15, 0.2) is 0 Å². The second kappa shape index (κ2) is 4.57. The van der Waals surface area contributed by atoms with Gasteiger partial charge in [0, 0.05) is 19.4 Å². The maximum Gasteiger partial charge on any atom is 0.127 e. The van der Waals surface area contributed by atoms with Crippen molar-refractivity contribution in [3.63, 3.8) is 0 Å². The molecule has 2 N–H and O–H groups in total. The number of imidazole rings is 1. The van der Waals surface area contributed by atoms with Crippen LogP contribution in [0.2, 0.25) is 0 Å². The largest absolute Gasteiger partial charge is 0.373 e. The van der Waals surface area contributed by atoms with Gasteiger partial charge in [0.2, 0.25) is 0 Å². The number of nitrogens with two attached hydrogens (primary N) is 1. The summed E-state index contributed by atoms with van der Waals surface area (Å²) in [4.78, 5) is 4.34. The molecule has 4 heteroatoms. The first kappa shape index (κ1) is 12.8. The Bertz CT molecular complexity index is 460. The molecule has 4 aliphatic carbocycles. The molecular weight excluding hydrogens is 250 g/mol. The molecule has 0 spiro atoms. The highest BCUT2D eigenvalue weighted by Gasteiger charge is 2.51. The van der Waals surface area contributed by atoms with Crippen molar-refractivity contribution in [2.75, 3.05) is 6.61 Å². The Kier molecular flexibility index (Phi) is 2.93. The van der Waals surface area contributed by atoms with E-state index in [-0.39, 0.29) is 11.6 Å². The fraction of sp³-hybridized carbons (Fsp3) is 0.812. The fourth-order valence-electron chi connectivity index (χ4n) is 5.28. The summed E-state index contributed by atoms with van der Waals surface area (Å²) in [5.41, 5.74) is 6.41. The Labute approximate surface area is 120 Å². The Morgan fingerprint density at radius 1 is 1.30 bits per heavy atom. The van der Waals surface area contributed by atoms with Crippen molar-refractivity contribution in [1.82, 2.24) is 9.55 Å². The highest BCUT2D eigenvalue weighted by Crippen LogP contribution is 2.57. The van der Waals surface area contributed by atoms with Gasteiger partial charge in [-0.05, 0) is 56.3 Å². The van der Waals surface area contributed by atoms with Crippen LogP contribution in [0.5, 0.6) is 0 Å². The number of nitrogens with zero attached hydrogens (tertiary/aromatic N) is 2. The molecule has 1 heterocycles. The SMILES string of the molecule is Cn1ccnc1C(N)COC12CC3CC(CC(C3)C1)C2. The molecule has 0 aliphatic heterocycles. The molecule has 0 aromatic carbocycles. The summed E-state index contributed by atoms with van der Waals surface area (Å²) < 4.78 is 8.40. The number of aromatic nitrogens is 2. The minimum Gasteiger partial charge on any atom is -0.373 e. The first-order valence-corrected chi connectivity index (χ1v) is 8.00. The summed E-state index contributed by atoms with van der Waals surface area (Å²) in [7, 11) is 1.99. The maximum atomic E-state index is 6.40. The Balaban J connectivity index is 1.43. The van der Waals surface area contributed by atoms with Gasteiger partial charge in [0.25, 0.3) is 0 Å². The molecule has 110 valence electrons. The van der Waals surface area contributed by atoms with Crippen molar-refractivity contribution in [3.8, 4) is 0 Å². The summed E-state index contributed by atoms with van der Waals surface area (Å²) in [5.74, 6) is 3.69. The van der Waals surface area contributed by atoms with E-state index in [9.17, 15) is 0 Å². The van der Waals surface area contributed by atoms with Crippen LogP contribution in [0.1, 0.15) is 50.4 Å². The zero-order valence-corrected chi connectivity index (χ0v) is 12.3. The monoisotopic (exact) mass is 275 g/mol. The van der Waals surface area contributed by atoms with Gasteiger partial charge in [-0.1, -0.05) is 0 Å². The number of hydrogen-bond acceptors (Lipinski definition) is 3. The fourth-order valence-corrected chi connectivity index (χ4v) is 5.28. The van der Waals surface area contributed by atoms with Crippen LogP contribution in [0.4, 0.5) is 0 Å². The Morgan fingerprint density at radius 2 is 1.90 bits per heavy atom. The van der Waals surface area contributed by atoms with Gasteiger partial charge >= 0.3 is 0 Å². The lowest BCUT2D eigenvalue weighted by Crippen LogP contribution is -2.52. The normalized spacial score (nSPS) is 40.2. The molecule has 0 saturated heterocycles. The molecule has 4 fully saturated rings. The molecule has 4 aliphatic rings. The zero-order valence-electron chi connectivity index (χ0n) is 12.3. The van der Waals surface area contributed by atoms with Gasteiger partial charge in [0.1, 0.15) is 5.82 Å². The van der Waals surface area contributed by atoms with E-state index >= 15 is 0 Å². The maximum absolute atomic E-state index is 6.40. The van der Waals surface area contributed by atoms with Crippen molar-refractivity contribution in [3.05, 3.63) is 18.2 Å². The molecule has 0 radical (unpaired) electrons. The first-order valence-electron chi connectivity index (χ1n) is 8.00. The number of rotatable bonds is 4. The third-order valence-electron chi connectivity index (χ3n) is 5.74. The van der Waals surface area contributed by atoms with E-state index in [2.05, 4.69) is 4.98 Å². The summed E-state index contributed by atoms with van der Waals surface area (Å²) in [6.07, 6.45) is 11.9. The van der Waals surface area contributed by atoms with Crippen molar-refractivity contribution < 1.29 is 4.74 Å². The molecule has 1 aromatic rings. The second-order valence-corrected chi connectivity index (χ2v) is 7.41. The van der Waals surface area contributed by atoms with Crippen LogP contribution < -0.4 is 5.73 Å². The van der Waals surface area contributed by atoms with Crippen LogP contribution in [-0.4, -0.2) is 21.8 Å². The van der Waals surface area contributed by atoms with E-state index in [0.29, 0.717) is 6.61 Å². The number of ether oxygens (including phenoxy) is 1. The lowest BCUT2D eigenvalue weighted by molar-refractivity contribution is -0.165. The van der Waals surface area contributed by atoms with Gasteiger partial charge in [-0.25, -0.2) is 4.98 Å². The van der Waals surface area contributed by atoms with Gasteiger partial charge in [0.05, 0.1) is 18.2 Å². The van der Waals surface area contributed by atoms with Crippen molar-refractivity contribution in [2.24, 2.45) is 30.5 Å². The zero-order chi connectivity index (χ0) is 13.7. The average Bonchev–Trinajstić information content (AvgIpc) is 2.81. The minimum absolute atomic E-state index is 0.108. The third-order valence-corrected chi connectivity index (χ3v) is 5.74. The van der Waals surface area contributed by atoms with E-state index < -0.39 is 0 Å². The molecule has 1 aromatic heterocycles. The van der Waals surface area contributed by atoms with Crippen LogP contribution in [0.15, 0.2) is 12.4 Å². The molecule has 1 atom stereocenters. The van der Waals surface area contributed by atoms with Crippen molar-refractivity contribution >= 4 is 0 Å². The predicted molar refractivity (Wildman–Crippen MR) is 77.0 cm³/mol. The Morgan fingerprint density at radius 3 is 2.40 bits per heavy atom. The van der Waals surface area contributed by atoms with E-state index in [1.807, 2.05) is 17.8 Å². The molecule has 4 bridgehead atoms. The smallest absolute Gasteiger partial charge is 0.127 e. The summed E-state index contributed by atoms with van der Waals surface area (Å²) in [6, 6.07) is -0.108. The van der Waals surface area contributed by atoms with Gasteiger partial charge in [-0.3, -0.25) is 0 Å². The topological polar surface area (TPSA) is 53.1 Å². The van der Waals surface area contributed by atoms with E-state index in [4.69, 9.17) is 10.5 Å². The van der Waals surface area contributed by atoms with Crippen LogP contribution in [0, 0.1) is 17.8 Å². The lowest BCUT2D eigenvalue weighted by atomic mass is 9.54. The second-order valence-electron chi connectivity index (χ2n) is 7.41. The van der Waals surface area contributed by atoms with Crippen LogP contribution in [0.3, 0.4) is 0 Å². The van der Waals surface area contributed by atoms with Gasteiger partial charge in [-0.15, -0.1) is 0 Å². The predicted octanol–water partition coefficient (Wildman–Crippen LogP) is 2.41. The lowest BCUT2D eigenvalue weighted by Gasteiger charge is -2.56. The molecule has 1 unspecified atom stereocenters. The highest BCUT2D eigenvalue weighted by molar-refractivity contribution is 5.04. The van der Waals surface area contributed by atoms with Crippen LogP contribution in [-0.2, 0) is 11.8 Å². The van der Waals surface area contributed by atoms with E-state index in [0.717, 1.165) is 23.6 Å². The van der Waals surface area contributed by atoms with E-state index in [1.54, 1.807) is 6.20 Å². The van der Waals surface area contributed by atoms with Crippen LogP contribution in [0.25, 0.3) is 0 Å². The summed E-state index contributed by atoms with van der Waals surface area (Å²) in [6.45, 7) is 0.608. The molecule has 20 heavy (non-hydrogen) atoms. The molecule has 5 rings (SSSR count). The van der Waals surface area contributed by atoms with Crippen molar-refractivity contribution in [1.29, 1.82) is 0 Å². The summed E-state index contributed by atoms with van der Waals surface area (Å²) >= 11 is 0. The Hall–Kier alpha value is -0.870. The molecule has 0 amide bonds. The average molecular weight is 275 g/mol. The number of hydrogen-bond donors (Lipinski definition) is 1. The van der Waals surface area contributed by atoms with Gasteiger partial charge < -0.3 is 15.0 Å². The third kappa shape index (κ3) is 2.09. The first-order chi connectivity index (χ1) is 9.63. The van der Waals surface area contributed by atoms with Crippen molar-refractivity contribution in [2.45, 2.75) is 50.2 Å². The molecule has 4 nitrogen and oxygen atoms in total. The number of aryl methyl sites for hydroxylation is 1. The van der Waals surface area contributed by atoms with E-state index in [1.165, 1.54) is 38.5 Å². The minimum atomic E-state index is -0.108. The van der Waals surface area contributed by atoms with Crippen LogP contribution >= 0.6 is 0 Å². The standard InChI is InChI=1S/C16H25N3O/c1-19-3-2-18-15(19)14(17)10-20-16-7-11-4-12(8-16)6-13(5-11)9-16/h2-3,11-14H,4-10,17H2,1H3. The highest BCUT2D eigenvalue weighted by atomic mass is 16.5. The summed E-state index contributed by atoms with van der Waals surface area (Å²) in [5, 5.41) is 0. The quantitative estimate of drug-likeness (QED) is 0.918. The van der Waals surface area contributed by atoms with Gasteiger partial charge in [-0.2, -0.15) is 0 Å². The molecule has 4 saturated carbocycles. The molecular formula is C16H25N3O.